The number of benzene rings is 2. The molecule has 0 radical (unpaired) electrons. The predicted octanol–water partition coefficient (Wildman–Crippen LogP) is 3.19. The summed E-state index contributed by atoms with van der Waals surface area (Å²) in [5, 5.41) is 15.1. The third kappa shape index (κ3) is 4.23. The van der Waals surface area contributed by atoms with E-state index < -0.39 is 0 Å². The summed E-state index contributed by atoms with van der Waals surface area (Å²) in [6.45, 7) is 0. The van der Waals surface area contributed by atoms with Crippen LogP contribution in [0.1, 0.15) is 10.5 Å². The Balaban J connectivity index is 1.71. The van der Waals surface area contributed by atoms with Crippen LogP contribution in [0.4, 0.5) is 17.2 Å². The van der Waals surface area contributed by atoms with Gasteiger partial charge in [0, 0.05) is 17.4 Å². The number of aromatic nitrogens is 2. The van der Waals surface area contributed by atoms with Gasteiger partial charge in [-0.05, 0) is 48.5 Å². The first-order valence-corrected chi connectivity index (χ1v) is 7.47. The lowest BCUT2D eigenvalue weighted by atomic mass is 10.2. The Kier molecular flexibility index (Phi) is 4.75. The maximum absolute atomic E-state index is 12.3. The minimum atomic E-state index is -0.346. The van der Waals surface area contributed by atoms with Crippen LogP contribution in [0.3, 0.4) is 0 Å². The zero-order valence-corrected chi connectivity index (χ0v) is 13.4. The summed E-state index contributed by atoms with van der Waals surface area (Å²) in [6.07, 6.45) is 1.31. The first-order chi connectivity index (χ1) is 12.1. The molecule has 0 bridgehead atoms. The van der Waals surface area contributed by atoms with Gasteiger partial charge in [-0.15, -0.1) is 0 Å². The molecule has 25 heavy (non-hydrogen) atoms. The molecular formula is C18H16N4O3. The minimum Gasteiger partial charge on any atom is -0.508 e. The Morgan fingerprint density at radius 1 is 1.00 bits per heavy atom. The van der Waals surface area contributed by atoms with Crippen molar-refractivity contribution in [3.8, 4) is 11.5 Å². The van der Waals surface area contributed by atoms with Crippen molar-refractivity contribution in [3.05, 3.63) is 66.6 Å². The van der Waals surface area contributed by atoms with Gasteiger partial charge in [-0.3, -0.25) is 4.79 Å². The molecule has 126 valence electrons. The van der Waals surface area contributed by atoms with E-state index in [9.17, 15) is 9.90 Å². The fraction of sp³-hybridized carbons (Fsp3) is 0.0556. The maximum atomic E-state index is 12.3. The highest BCUT2D eigenvalue weighted by molar-refractivity contribution is 6.03. The predicted molar refractivity (Wildman–Crippen MR) is 94.4 cm³/mol. The number of aromatic hydroxyl groups is 1. The molecule has 3 rings (SSSR count). The molecule has 3 N–H and O–H groups in total. The molecule has 7 nitrogen and oxygen atoms in total. The standard InChI is InChI=1S/C18H16N4O3/c1-25-15-8-4-13(5-9-15)22-18(24)16-10-17(20-11-19-16)21-12-2-6-14(23)7-3-12/h2-11,23H,1H3,(H,22,24)(H,19,20,21). The monoisotopic (exact) mass is 336 g/mol. The molecule has 0 atom stereocenters. The number of methoxy groups -OCH3 is 1. The number of hydrogen-bond donors (Lipinski definition) is 3. The Bertz CT molecular complexity index is 864. The summed E-state index contributed by atoms with van der Waals surface area (Å²) in [7, 11) is 1.58. The number of anilines is 3. The van der Waals surface area contributed by atoms with E-state index in [1.807, 2.05) is 0 Å². The highest BCUT2D eigenvalue weighted by Crippen LogP contribution is 2.19. The number of amides is 1. The van der Waals surface area contributed by atoms with Crippen molar-refractivity contribution in [1.29, 1.82) is 0 Å². The van der Waals surface area contributed by atoms with Gasteiger partial charge in [-0.2, -0.15) is 0 Å². The number of hydrogen-bond acceptors (Lipinski definition) is 6. The van der Waals surface area contributed by atoms with E-state index in [4.69, 9.17) is 4.74 Å². The summed E-state index contributed by atoms with van der Waals surface area (Å²) in [6, 6.07) is 15.1. The third-order valence-electron chi connectivity index (χ3n) is 3.39. The molecule has 0 aliphatic rings. The number of carbonyl (C=O) groups excluding carboxylic acids is 1. The van der Waals surface area contributed by atoms with Crippen LogP contribution in [0.5, 0.6) is 11.5 Å². The molecule has 1 heterocycles. The van der Waals surface area contributed by atoms with Gasteiger partial charge in [-0.25, -0.2) is 9.97 Å². The fourth-order valence-electron chi connectivity index (χ4n) is 2.11. The molecule has 0 saturated carbocycles. The van der Waals surface area contributed by atoms with Gasteiger partial charge in [0.15, 0.2) is 0 Å². The highest BCUT2D eigenvalue weighted by atomic mass is 16.5. The number of carbonyl (C=O) groups is 1. The third-order valence-corrected chi connectivity index (χ3v) is 3.39. The van der Waals surface area contributed by atoms with Crippen molar-refractivity contribution in [2.75, 3.05) is 17.7 Å². The van der Waals surface area contributed by atoms with Crippen molar-refractivity contribution < 1.29 is 14.6 Å². The SMILES string of the molecule is COc1ccc(NC(=O)c2cc(Nc3ccc(O)cc3)ncn2)cc1. The summed E-state index contributed by atoms with van der Waals surface area (Å²) in [5.41, 5.74) is 1.60. The van der Waals surface area contributed by atoms with Gasteiger partial charge in [-0.1, -0.05) is 0 Å². The molecule has 3 aromatic rings. The van der Waals surface area contributed by atoms with Gasteiger partial charge in [0.05, 0.1) is 7.11 Å². The van der Waals surface area contributed by atoms with Crippen LogP contribution in [-0.4, -0.2) is 28.1 Å². The van der Waals surface area contributed by atoms with Crippen LogP contribution in [0, 0.1) is 0 Å². The second-order valence-corrected chi connectivity index (χ2v) is 5.14. The zero-order chi connectivity index (χ0) is 17.6. The van der Waals surface area contributed by atoms with E-state index in [0.29, 0.717) is 17.3 Å². The fourth-order valence-corrected chi connectivity index (χ4v) is 2.11. The van der Waals surface area contributed by atoms with Crippen LogP contribution in [0.2, 0.25) is 0 Å². The Labute approximate surface area is 144 Å². The van der Waals surface area contributed by atoms with Crippen LogP contribution < -0.4 is 15.4 Å². The van der Waals surface area contributed by atoms with Gasteiger partial charge < -0.3 is 20.5 Å². The second-order valence-electron chi connectivity index (χ2n) is 5.14. The molecule has 0 aliphatic carbocycles. The molecule has 7 heteroatoms. The van der Waals surface area contributed by atoms with E-state index >= 15 is 0 Å². The lowest BCUT2D eigenvalue weighted by Gasteiger charge is -2.08. The van der Waals surface area contributed by atoms with Gasteiger partial charge >= 0.3 is 0 Å². The van der Waals surface area contributed by atoms with Crippen molar-refractivity contribution in [2.45, 2.75) is 0 Å². The van der Waals surface area contributed by atoms with Crippen LogP contribution >= 0.6 is 0 Å². The Hall–Kier alpha value is -3.61. The van der Waals surface area contributed by atoms with Crippen molar-refractivity contribution >= 4 is 23.1 Å². The second kappa shape index (κ2) is 7.31. The number of nitrogens with zero attached hydrogens (tertiary/aromatic N) is 2. The Morgan fingerprint density at radius 2 is 1.68 bits per heavy atom. The van der Waals surface area contributed by atoms with Gasteiger partial charge in [0.2, 0.25) is 0 Å². The number of rotatable bonds is 5. The lowest BCUT2D eigenvalue weighted by molar-refractivity contribution is 0.102. The zero-order valence-electron chi connectivity index (χ0n) is 13.4. The number of phenolic OH excluding ortho intramolecular Hbond substituents is 1. The van der Waals surface area contributed by atoms with E-state index in [0.717, 1.165) is 5.69 Å². The summed E-state index contributed by atoms with van der Waals surface area (Å²) < 4.78 is 5.08. The van der Waals surface area contributed by atoms with Crippen LogP contribution in [-0.2, 0) is 0 Å². The summed E-state index contributed by atoms with van der Waals surface area (Å²) >= 11 is 0. The smallest absolute Gasteiger partial charge is 0.274 e. The summed E-state index contributed by atoms with van der Waals surface area (Å²) in [5.74, 6) is 1.01. The average molecular weight is 336 g/mol. The van der Waals surface area contributed by atoms with Gasteiger partial charge in [0.25, 0.3) is 5.91 Å². The van der Waals surface area contributed by atoms with Crippen molar-refractivity contribution in [2.24, 2.45) is 0 Å². The van der Waals surface area contributed by atoms with E-state index in [2.05, 4.69) is 20.6 Å². The highest BCUT2D eigenvalue weighted by Gasteiger charge is 2.09. The molecule has 0 unspecified atom stereocenters. The molecule has 0 spiro atoms. The molecule has 0 saturated heterocycles. The van der Waals surface area contributed by atoms with Crippen LogP contribution in [0.25, 0.3) is 0 Å². The minimum absolute atomic E-state index is 0.174. The normalized spacial score (nSPS) is 10.1. The number of phenols is 1. The topological polar surface area (TPSA) is 96.4 Å². The van der Waals surface area contributed by atoms with E-state index in [-0.39, 0.29) is 17.4 Å². The number of nitrogens with one attached hydrogen (secondary N) is 2. The quantitative estimate of drug-likeness (QED) is 0.619. The Morgan fingerprint density at radius 3 is 2.36 bits per heavy atom. The van der Waals surface area contributed by atoms with E-state index in [1.54, 1.807) is 61.7 Å². The molecule has 1 amide bonds. The summed E-state index contributed by atoms with van der Waals surface area (Å²) in [4.78, 5) is 20.4. The molecular weight excluding hydrogens is 320 g/mol. The maximum Gasteiger partial charge on any atom is 0.274 e. The lowest BCUT2D eigenvalue weighted by Crippen LogP contribution is -2.14. The van der Waals surface area contributed by atoms with Crippen LogP contribution in [0.15, 0.2) is 60.9 Å². The molecule has 0 fully saturated rings. The molecule has 1 aromatic heterocycles. The van der Waals surface area contributed by atoms with Crippen molar-refractivity contribution in [3.63, 3.8) is 0 Å². The average Bonchev–Trinajstić information content (AvgIpc) is 2.64. The molecule has 0 aliphatic heterocycles. The molecule has 2 aromatic carbocycles. The number of ether oxygens (including phenoxy) is 1. The van der Waals surface area contributed by atoms with Gasteiger partial charge in [0.1, 0.15) is 29.3 Å². The first kappa shape index (κ1) is 16.3. The van der Waals surface area contributed by atoms with E-state index in [1.165, 1.54) is 6.33 Å². The largest absolute Gasteiger partial charge is 0.508 e. The first-order valence-electron chi connectivity index (χ1n) is 7.47. The van der Waals surface area contributed by atoms with Crippen molar-refractivity contribution in [1.82, 2.24) is 9.97 Å².